The van der Waals surface area contributed by atoms with Crippen molar-refractivity contribution in [3.8, 4) is 5.75 Å². The lowest BCUT2D eigenvalue weighted by Gasteiger charge is -2.07. The molecular weight excluding hydrogens is 322 g/mol. The minimum absolute atomic E-state index is 0.0506. The summed E-state index contributed by atoms with van der Waals surface area (Å²) in [6, 6.07) is 13.5. The molecule has 0 atom stereocenters. The first-order chi connectivity index (χ1) is 12.0. The average molecular weight is 341 g/mol. The van der Waals surface area contributed by atoms with Gasteiger partial charge in [0.25, 0.3) is 5.91 Å². The van der Waals surface area contributed by atoms with Crippen LogP contribution in [0.5, 0.6) is 5.75 Å². The van der Waals surface area contributed by atoms with Crippen LogP contribution in [0.1, 0.15) is 22.8 Å². The number of ketones is 1. The molecule has 6 heteroatoms. The molecule has 25 heavy (non-hydrogen) atoms. The molecule has 0 heterocycles. The predicted molar refractivity (Wildman–Crippen MR) is 92.7 cm³/mol. The molecule has 1 N–H and O–H groups in total. The van der Waals surface area contributed by atoms with Gasteiger partial charge in [0, 0.05) is 11.3 Å². The first-order valence-electron chi connectivity index (χ1n) is 7.67. The molecule has 130 valence electrons. The molecule has 2 rings (SSSR count). The number of hydrogen-bond donors (Lipinski definition) is 1. The monoisotopic (exact) mass is 341 g/mol. The molecule has 2 aromatic carbocycles. The summed E-state index contributed by atoms with van der Waals surface area (Å²) >= 11 is 0. The van der Waals surface area contributed by atoms with E-state index in [9.17, 15) is 14.4 Å². The van der Waals surface area contributed by atoms with Crippen molar-refractivity contribution in [1.82, 2.24) is 0 Å². The van der Waals surface area contributed by atoms with E-state index in [4.69, 9.17) is 9.47 Å². The topological polar surface area (TPSA) is 81.7 Å². The zero-order valence-electron chi connectivity index (χ0n) is 14.1. The molecule has 6 nitrogen and oxygen atoms in total. The second kappa shape index (κ2) is 8.63. The highest BCUT2D eigenvalue weighted by Crippen LogP contribution is 2.12. The van der Waals surface area contributed by atoms with Gasteiger partial charge >= 0.3 is 5.97 Å². The van der Waals surface area contributed by atoms with Crippen LogP contribution in [0.15, 0.2) is 48.5 Å². The van der Waals surface area contributed by atoms with E-state index in [0.717, 1.165) is 5.56 Å². The number of carbonyl (C=O) groups excluding carboxylic acids is 3. The Morgan fingerprint density at radius 1 is 0.960 bits per heavy atom. The Bertz CT molecular complexity index is 750. The number of benzene rings is 2. The van der Waals surface area contributed by atoms with Gasteiger partial charge in [-0.2, -0.15) is 0 Å². The molecule has 0 aliphatic carbocycles. The number of anilines is 1. The Hall–Kier alpha value is -3.15. The van der Waals surface area contributed by atoms with Gasteiger partial charge in [0.05, 0.1) is 13.5 Å². The molecule has 0 radical (unpaired) electrons. The molecule has 0 bridgehead atoms. The van der Waals surface area contributed by atoms with E-state index in [1.807, 2.05) is 0 Å². The van der Waals surface area contributed by atoms with Crippen LogP contribution in [-0.2, 0) is 20.7 Å². The summed E-state index contributed by atoms with van der Waals surface area (Å²) in [6.07, 6.45) is 0.0740. The number of rotatable bonds is 7. The Kier molecular flexibility index (Phi) is 6.28. The molecule has 1 amide bonds. The first-order valence-corrected chi connectivity index (χ1v) is 7.67. The van der Waals surface area contributed by atoms with Crippen LogP contribution in [0, 0.1) is 0 Å². The van der Waals surface area contributed by atoms with Gasteiger partial charge in [0.1, 0.15) is 5.75 Å². The number of methoxy groups -OCH3 is 1. The average Bonchev–Trinajstić information content (AvgIpc) is 2.61. The number of Topliss-reactive ketones (excluding diaryl/α,β-unsaturated/α-hetero) is 1. The van der Waals surface area contributed by atoms with E-state index >= 15 is 0 Å². The van der Waals surface area contributed by atoms with Crippen molar-refractivity contribution in [2.24, 2.45) is 0 Å². The fourth-order valence-electron chi connectivity index (χ4n) is 2.09. The maximum absolute atomic E-state index is 11.8. The SMILES string of the molecule is COc1ccc(CC(=O)OCC(=O)Nc2ccc(C(C)=O)cc2)cc1. The zero-order valence-corrected chi connectivity index (χ0v) is 14.1. The van der Waals surface area contributed by atoms with Crippen LogP contribution in [0.3, 0.4) is 0 Å². The van der Waals surface area contributed by atoms with E-state index in [-0.39, 0.29) is 18.8 Å². The molecule has 0 aliphatic rings. The third-order valence-electron chi connectivity index (χ3n) is 3.45. The number of ether oxygens (including phenoxy) is 2. The molecule has 0 unspecified atom stereocenters. The second-order valence-electron chi connectivity index (χ2n) is 5.37. The van der Waals surface area contributed by atoms with E-state index in [1.165, 1.54) is 6.92 Å². The summed E-state index contributed by atoms with van der Waals surface area (Å²) in [7, 11) is 1.57. The van der Waals surface area contributed by atoms with Gasteiger partial charge in [-0.1, -0.05) is 12.1 Å². The van der Waals surface area contributed by atoms with Crippen molar-refractivity contribution in [3.63, 3.8) is 0 Å². The van der Waals surface area contributed by atoms with Crippen molar-refractivity contribution < 1.29 is 23.9 Å². The summed E-state index contributed by atoms with van der Waals surface area (Å²) in [4.78, 5) is 34.8. The van der Waals surface area contributed by atoms with Gasteiger partial charge in [-0.25, -0.2) is 0 Å². The van der Waals surface area contributed by atoms with Crippen molar-refractivity contribution in [1.29, 1.82) is 0 Å². The molecule has 0 aromatic heterocycles. The van der Waals surface area contributed by atoms with E-state index in [0.29, 0.717) is 17.0 Å². The van der Waals surface area contributed by atoms with Gasteiger partial charge in [0.15, 0.2) is 12.4 Å². The predicted octanol–water partition coefficient (Wildman–Crippen LogP) is 2.62. The number of amides is 1. The third-order valence-corrected chi connectivity index (χ3v) is 3.45. The highest BCUT2D eigenvalue weighted by molar-refractivity contribution is 5.96. The quantitative estimate of drug-likeness (QED) is 0.618. The van der Waals surface area contributed by atoms with Crippen molar-refractivity contribution >= 4 is 23.3 Å². The van der Waals surface area contributed by atoms with Crippen LogP contribution in [0.25, 0.3) is 0 Å². The summed E-state index contributed by atoms with van der Waals surface area (Å²) in [5.41, 5.74) is 1.86. The number of esters is 1. The van der Waals surface area contributed by atoms with Gasteiger partial charge < -0.3 is 14.8 Å². The summed E-state index contributed by atoms with van der Waals surface area (Å²) < 4.78 is 10.0. The fourth-order valence-corrected chi connectivity index (χ4v) is 2.09. The van der Waals surface area contributed by atoms with Crippen LogP contribution in [0.4, 0.5) is 5.69 Å². The lowest BCUT2D eigenvalue weighted by atomic mass is 10.1. The van der Waals surface area contributed by atoms with Crippen LogP contribution in [-0.4, -0.2) is 31.4 Å². The standard InChI is InChI=1S/C19H19NO5/c1-13(21)15-5-7-16(8-6-15)20-18(22)12-25-19(23)11-14-3-9-17(24-2)10-4-14/h3-10H,11-12H2,1-2H3,(H,20,22). The Labute approximate surface area is 145 Å². The van der Waals surface area contributed by atoms with Gasteiger partial charge in [0.2, 0.25) is 0 Å². The molecule has 0 saturated carbocycles. The van der Waals surface area contributed by atoms with Crippen LogP contribution >= 0.6 is 0 Å². The zero-order chi connectivity index (χ0) is 18.2. The van der Waals surface area contributed by atoms with Crippen molar-refractivity contribution in [3.05, 3.63) is 59.7 Å². The van der Waals surface area contributed by atoms with Crippen LogP contribution < -0.4 is 10.1 Å². The van der Waals surface area contributed by atoms with Gasteiger partial charge in [-0.15, -0.1) is 0 Å². The van der Waals surface area contributed by atoms with E-state index in [1.54, 1.807) is 55.6 Å². The Balaban J connectivity index is 1.78. The number of hydrogen-bond acceptors (Lipinski definition) is 5. The first kappa shape index (κ1) is 18.2. The molecule has 0 aliphatic heterocycles. The van der Waals surface area contributed by atoms with Crippen LogP contribution in [0.2, 0.25) is 0 Å². The second-order valence-corrected chi connectivity index (χ2v) is 5.37. The highest BCUT2D eigenvalue weighted by atomic mass is 16.5. The van der Waals surface area contributed by atoms with Gasteiger partial charge in [-0.3, -0.25) is 14.4 Å². The number of carbonyl (C=O) groups is 3. The fraction of sp³-hybridized carbons (Fsp3) is 0.211. The Morgan fingerprint density at radius 2 is 1.60 bits per heavy atom. The summed E-state index contributed by atoms with van der Waals surface area (Å²) in [5.74, 6) is -0.288. The molecule has 0 fully saturated rings. The lowest BCUT2D eigenvalue weighted by molar-refractivity contribution is -0.146. The Morgan fingerprint density at radius 3 is 2.16 bits per heavy atom. The summed E-state index contributed by atoms with van der Waals surface area (Å²) in [6.45, 7) is 1.10. The maximum Gasteiger partial charge on any atom is 0.310 e. The number of nitrogens with one attached hydrogen (secondary N) is 1. The third kappa shape index (κ3) is 5.76. The van der Waals surface area contributed by atoms with E-state index < -0.39 is 11.9 Å². The normalized spacial score (nSPS) is 10.0. The minimum atomic E-state index is -0.493. The highest BCUT2D eigenvalue weighted by Gasteiger charge is 2.09. The van der Waals surface area contributed by atoms with Crippen molar-refractivity contribution in [2.45, 2.75) is 13.3 Å². The van der Waals surface area contributed by atoms with E-state index in [2.05, 4.69) is 5.32 Å². The molecule has 0 spiro atoms. The maximum atomic E-state index is 11.8. The van der Waals surface area contributed by atoms with Gasteiger partial charge in [-0.05, 0) is 48.9 Å². The molecule has 0 saturated heterocycles. The lowest BCUT2D eigenvalue weighted by Crippen LogP contribution is -2.21. The molecule has 2 aromatic rings. The summed E-state index contributed by atoms with van der Waals surface area (Å²) in [5, 5.41) is 2.60. The largest absolute Gasteiger partial charge is 0.497 e. The molecular formula is C19H19NO5. The van der Waals surface area contributed by atoms with Crippen molar-refractivity contribution in [2.75, 3.05) is 19.0 Å². The minimum Gasteiger partial charge on any atom is -0.497 e. The smallest absolute Gasteiger partial charge is 0.310 e.